The van der Waals surface area contributed by atoms with Gasteiger partial charge in [-0.3, -0.25) is 4.79 Å². The number of hydrazone groups is 1. The number of amides is 1. The number of sulfonamides is 1. The number of rotatable bonds is 8. The zero-order chi connectivity index (χ0) is 23.1. The molecule has 1 heterocycles. The van der Waals surface area contributed by atoms with E-state index in [1.54, 1.807) is 24.3 Å². The van der Waals surface area contributed by atoms with Gasteiger partial charge in [0.25, 0.3) is 0 Å². The molecule has 0 radical (unpaired) electrons. The van der Waals surface area contributed by atoms with Crippen molar-refractivity contribution in [2.75, 3.05) is 0 Å². The highest BCUT2D eigenvalue weighted by Crippen LogP contribution is 2.61. The molecule has 1 aromatic heterocycles. The Morgan fingerprint density at radius 1 is 1.06 bits per heavy atom. The van der Waals surface area contributed by atoms with Crippen molar-refractivity contribution in [1.82, 2.24) is 10.1 Å². The van der Waals surface area contributed by atoms with E-state index < -0.39 is 10.0 Å². The summed E-state index contributed by atoms with van der Waals surface area (Å²) in [5.41, 5.74) is 4.33. The highest BCUT2D eigenvalue weighted by atomic mass is 32.2. The summed E-state index contributed by atoms with van der Waals surface area (Å²) in [6.45, 7) is 1.90. The molecule has 1 aromatic carbocycles. The SMILES string of the molecule is CC(=NNC(=O)CC12CC3CC(CC(C3)C1)C2)c1ccc(S(=O)(=O)NCc2ccco2)cc1. The average Bonchev–Trinajstić information content (AvgIpc) is 3.29. The maximum Gasteiger partial charge on any atom is 0.240 e. The van der Waals surface area contributed by atoms with Crippen LogP contribution in [-0.2, 0) is 21.4 Å². The maximum atomic E-state index is 12.7. The van der Waals surface area contributed by atoms with Gasteiger partial charge in [-0.2, -0.15) is 5.10 Å². The third kappa shape index (κ3) is 4.92. The van der Waals surface area contributed by atoms with Crippen molar-refractivity contribution in [3.8, 4) is 0 Å². The predicted molar refractivity (Wildman–Crippen MR) is 125 cm³/mol. The zero-order valence-electron chi connectivity index (χ0n) is 18.9. The van der Waals surface area contributed by atoms with Crippen LogP contribution in [-0.4, -0.2) is 20.0 Å². The Balaban J connectivity index is 1.17. The van der Waals surface area contributed by atoms with Crippen molar-refractivity contribution in [2.24, 2.45) is 28.3 Å². The van der Waals surface area contributed by atoms with Crippen LogP contribution in [0.3, 0.4) is 0 Å². The minimum absolute atomic E-state index is 0.0161. The Morgan fingerprint density at radius 3 is 2.27 bits per heavy atom. The molecule has 0 spiro atoms. The summed E-state index contributed by atoms with van der Waals surface area (Å²) in [6.07, 6.45) is 9.73. The zero-order valence-corrected chi connectivity index (χ0v) is 19.7. The van der Waals surface area contributed by atoms with Crippen LogP contribution in [0.15, 0.2) is 57.1 Å². The van der Waals surface area contributed by atoms with E-state index in [1.807, 2.05) is 6.92 Å². The molecule has 6 rings (SSSR count). The van der Waals surface area contributed by atoms with Gasteiger partial charge in [0.15, 0.2) is 0 Å². The van der Waals surface area contributed by atoms with Crippen LogP contribution in [0.2, 0.25) is 0 Å². The molecule has 33 heavy (non-hydrogen) atoms. The fraction of sp³-hybridized carbons (Fsp3) is 0.520. The molecule has 0 atom stereocenters. The van der Waals surface area contributed by atoms with Crippen molar-refractivity contribution in [1.29, 1.82) is 0 Å². The predicted octanol–water partition coefficient (Wildman–Crippen LogP) is 4.20. The molecule has 0 saturated heterocycles. The summed E-state index contributed by atoms with van der Waals surface area (Å²) in [6, 6.07) is 9.90. The van der Waals surface area contributed by atoms with Crippen molar-refractivity contribution in [3.05, 3.63) is 54.0 Å². The monoisotopic (exact) mass is 469 g/mol. The lowest BCUT2D eigenvalue weighted by molar-refractivity contribution is -0.129. The Bertz CT molecular complexity index is 1100. The molecule has 0 aliphatic heterocycles. The molecule has 2 aromatic rings. The van der Waals surface area contributed by atoms with Crippen LogP contribution in [0, 0.1) is 23.2 Å². The van der Waals surface area contributed by atoms with Gasteiger partial charge in [-0.15, -0.1) is 0 Å². The minimum Gasteiger partial charge on any atom is -0.468 e. The number of hydrogen-bond acceptors (Lipinski definition) is 5. The highest BCUT2D eigenvalue weighted by molar-refractivity contribution is 7.89. The Morgan fingerprint density at radius 2 is 1.70 bits per heavy atom. The molecule has 0 unspecified atom stereocenters. The molecule has 8 heteroatoms. The largest absolute Gasteiger partial charge is 0.468 e. The van der Waals surface area contributed by atoms with Crippen molar-refractivity contribution in [3.63, 3.8) is 0 Å². The third-order valence-electron chi connectivity index (χ3n) is 7.65. The number of nitrogens with one attached hydrogen (secondary N) is 2. The minimum atomic E-state index is -3.65. The number of carbonyl (C=O) groups excluding carboxylic acids is 1. The van der Waals surface area contributed by atoms with E-state index in [2.05, 4.69) is 15.2 Å². The van der Waals surface area contributed by atoms with Crippen LogP contribution >= 0.6 is 0 Å². The number of furan rings is 1. The average molecular weight is 470 g/mol. The van der Waals surface area contributed by atoms with Crippen LogP contribution < -0.4 is 10.1 Å². The summed E-state index contributed by atoms with van der Waals surface area (Å²) in [7, 11) is -3.65. The first-order valence-electron chi connectivity index (χ1n) is 11.8. The third-order valence-corrected chi connectivity index (χ3v) is 9.06. The second kappa shape index (κ2) is 8.72. The molecule has 4 bridgehead atoms. The van der Waals surface area contributed by atoms with Gasteiger partial charge in [0.05, 0.1) is 23.4 Å². The Labute approximate surface area is 195 Å². The molecule has 4 saturated carbocycles. The van der Waals surface area contributed by atoms with Crippen molar-refractivity contribution in [2.45, 2.75) is 63.3 Å². The van der Waals surface area contributed by atoms with E-state index in [-0.39, 0.29) is 22.8 Å². The molecular formula is C25H31N3O4S. The summed E-state index contributed by atoms with van der Waals surface area (Å²) in [5.74, 6) is 2.98. The van der Waals surface area contributed by atoms with Crippen molar-refractivity contribution >= 4 is 21.6 Å². The first-order chi connectivity index (χ1) is 15.8. The quantitative estimate of drug-likeness (QED) is 0.447. The Hall–Kier alpha value is -2.45. The number of hydrogen-bond donors (Lipinski definition) is 2. The first kappa shape index (κ1) is 22.3. The lowest BCUT2D eigenvalue weighted by atomic mass is 9.49. The van der Waals surface area contributed by atoms with Gasteiger partial charge in [0, 0.05) is 6.42 Å². The molecular weight excluding hydrogens is 438 g/mol. The summed E-state index contributed by atoms with van der Waals surface area (Å²) < 4.78 is 32.7. The van der Waals surface area contributed by atoms with Gasteiger partial charge in [-0.1, -0.05) is 12.1 Å². The summed E-state index contributed by atoms with van der Waals surface area (Å²) in [4.78, 5) is 12.9. The van der Waals surface area contributed by atoms with E-state index >= 15 is 0 Å². The van der Waals surface area contributed by atoms with Gasteiger partial charge in [-0.25, -0.2) is 18.6 Å². The van der Waals surface area contributed by atoms with Crippen molar-refractivity contribution < 1.29 is 17.6 Å². The van der Waals surface area contributed by atoms with E-state index in [0.717, 1.165) is 23.3 Å². The fourth-order valence-electron chi connectivity index (χ4n) is 6.64. The topological polar surface area (TPSA) is 101 Å². The maximum absolute atomic E-state index is 12.7. The van der Waals surface area contributed by atoms with Gasteiger partial charge in [0.2, 0.25) is 15.9 Å². The van der Waals surface area contributed by atoms with Crippen LogP contribution in [0.25, 0.3) is 0 Å². The lowest BCUT2D eigenvalue weighted by Gasteiger charge is -2.56. The number of carbonyl (C=O) groups is 1. The molecule has 7 nitrogen and oxygen atoms in total. The van der Waals surface area contributed by atoms with Crippen LogP contribution in [0.5, 0.6) is 0 Å². The normalized spacial score (nSPS) is 28.8. The van der Waals surface area contributed by atoms with Gasteiger partial charge in [-0.05, 0) is 98.4 Å². The lowest BCUT2D eigenvalue weighted by Crippen LogP contribution is -2.47. The smallest absolute Gasteiger partial charge is 0.240 e. The molecule has 1 amide bonds. The standard InChI is InChI=1S/C25H31N3O4S/c1-17(21-4-6-23(7-5-21)33(30,31)26-16-22-3-2-8-32-22)27-28-24(29)15-25-12-18-9-19(13-25)11-20(10-18)14-25/h2-8,18-20,26H,9-16H2,1H3,(H,28,29). The number of nitrogens with zero attached hydrogens (tertiary/aromatic N) is 1. The van der Waals surface area contributed by atoms with Gasteiger partial charge < -0.3 is 4.42 Å². The van der Waals surface area contributed by atoms with Crippen LogP contribution in [0.4, 0.5) is 0 Å². The summed E-state index contributed by atoms with van der Waals surface area (Å²) in [5, 5.41) is 4.29. The van der Waals surface area contributed by atoms with Gasteiger partial charge >= 0.3 is 0 Å². The molecule has 176 valence electrons. The van der Waals surface area contributed by atoms with E-state index in [0.29, 0.717) is 17.9 Å². The highest BCUT2D eigenvalue weighted by Gasteiger charge is 2.51. The van der Waals surface area contributed by atoms with Gasteiger partial charge in [0.1, 0.15) is 5.76 Å². The fourth-order valence-corrected chi connectivity index (χ4v) is 7.63. The molecule has 2 N–H and O–H groups in total. The number of benzene rings is 1. The van der Waals surface area contributed by atoms with E-state index in [1.165, 1.54) is 56.9 Å². The summed E-state index contributed by atoms with van der Waals surface area (Å²) >= 11 is 0. The molecule has 4 aliphatic carbocycles. The van der Waals surface area contributed by atoms with E-state index in [9.17, 15) is 13.2 Å². The first-order valence-corrected chi connectivity index (χ1v) is 13.2. The second-order valence-corrected chi connectivity index (χ2v) is 12.0. The van der Waals surface area contributed by atoms with E-state index in [4.69, 9.17) is 4.42 Å². The molecule has 4 fully saturated rings. The van der Waals surface area contributed by atoms with Crippen LogP contribution in [0.1, 0.15) is 63.2 Å². The Kier molecular flexibility index (Phi) is 5.91. The second-order valence-electron chi connectivity index (χ2n) is 10.3. The molecule has 4 aliphatic rings.